The van der Waals surface area contributed by atoms with Crippen molar-refractivity contribution >= 4 is 11.8 Å². The van der Waals surface area contributed by atoms with Crippen molar-refractivity contribution in [3.63, 3.8) is 0 Å². The summed E-state index contributed by atoms with van der Waals surface area (Å²) in [7, 11) is 0. The number of amides is 2. The van der Waals surface area contributed by atoms with E-state index in [0.29, 0.717) is 38.1 Å². The van der Waals surface area contributed by atoms with Gasteiger partial charge in [0, 0.05) is 24.6 Å². The van der Waals surface area contributed by atoms with E-state index in [1.807, 2.05) is 36.4 Å². The molecule has 0 aliphatic carbocycles. The molecule has 1 aliphatic heterocycles. The Hall–Kier alpha value is -2.82. The number of likely N-dealkylation sites (tertiary alicyclic amines) is 1. The van der Waals surface area contributed by atoms with Crippen molar-refractivity contribution in [2.75, 3.05) is 13.1 Å². The molecule has 5 nitrogen and oxygen atoms in total. The minimum absolute atomic E-state index is 0.00171. The van der Waals surface area contributed by atoms with E-state index in [9.17, 15) is 9.59 Å². The Morgan fingerprint density at radius 1 is 1.00 bits per heavy atom. The van der Waals surface area contributed by atoms with Gasteiger partial charge >= 0.3 is 0 Å². The number of nitrogens with two attached hydrogens (primary N) is 1. The molecule has 2 aromatic rings. The maximum Gasteiger partial charge on any atom is 0.253 e. The number of hydrogen-bond acceptors (Lipinski definition) is 3. The van der Waals surface area contributed by atoms with Crippen LogP contribution in [0, 0.1) is 5.92 Å². The second kappa shape index (κ2) is 8.68. The van der Waals surface area contributed by atoms with E-state index in [1.165, 1.54) is 5.56 Å². The van der Waals surface area contributed by atoms with Gasteiger partial charge in [-0.2, -0.15) is 0 Å². The van der Waals surface area contributed by atoms with E-state index in [4.69, 9.17) is 10.5 Å². The number of ether oxygens (including phenoxy) is 1. The smallest absolute Gasteiger partial charge is 0.253 e. The van der Waals surface area contributed by atoms with Crippen LogP contribution in [0.3, 0.4) is 0 Å². The van der Waals surface area contributed by atoms with Crippen molar-refractivity contribution in [1.29, 1.82) is 0 Å². The molecular formula is C24H30N2O3. The summed E-state index contributed by atoms with van der Waals surface area (Å²) in [5.41, 5.74) is 8.41. The molecule has 5 heteroatoms. The van der Waals surface area contributed by atoms with Crippen LogP contribution in [-0.2, 0) is 16.8 Å². The number of rotatable bonds is 5. The first-order valence-corrected chi connectivity index (χ1v) is 10.1. The highest BCUT2D eigenvalue weighted by molar-refractivity contribution is 5.94. The quantitative estimate of drug-likeness (QED) is 0.836. The lowest BCUT2D eigenvalue weighted by Crippen LogP contribution is -2.41. The van der Waals surface area contributed by atoms with Crippen LogP contribution in [0.4, 0.5) is 0 Å². The molecule has 0 atom stereocenters. The summed E-state index contributed by atoms with van der Waals surface area (Å²) in [5, 5.41) is 0. The highest BCUT2D eigenvalue weighted by Gasteiger charge is 2.26. The Labute approximate surface area is 172 Å². The topological polar surface area (TPSA) is 72.6 Å². The number of hydrogen-bond donors (Lipinski definition) is 1. The van der Waals surface area contributed by atoms with E-state index in [0.717, 1.165) is 11.3 Å². The zero-order valence-electron chi connectivity index (χ0n) is 17.5. The highest BCUT2D eigenvalue weighted by Crippen LogP contribution is 2.25. The number of carbonyl (C=O) groups is 2. The minimum Gasteiger partial charge on any atom is -0.489 e. The monoisotopic (exact) mass is 394 g/mol. The third-order valence-corrected chi connectivity index (χ3v) is 5.51. The van der Waals surface area contributed by atoms with Gasteiger partial charge in [0.25, 0.3) is 5.91 Å². The van der Waals surface area contributed by atoms with Crippen molar-refractivity contribution in [3.8, 4) is 5.75 Å². The zero-order valence-corrected chi connectivity index (χ0v) is 17.5. The van der Waals surface area contributed by atoms with Crippen LogP contribution in [0.25, 0.3) is 0 Å². The Kier molecular flexibility index (Phi) is 6.26. The summed E-state index contributed by atoms with van der Waals surface area (Å²) in [4.78, 5) is 25.7. The van der Waals surface area contributed by atoms with Crippen LogP contribution in [-0.4, -0.2) is 29.8 Å². The average molecular weight is 395 g/mol. The van der Waals surface area contributed by atoms with Crippen molar-refractivity contribution in [1.82, 2.24) is 4.90 Å². The fourth-order valence-corrected chi connectivity index (χ4v) is 3.51. The van der Waals surface area contributed by atoms with Gasteiger partial charge in [-0.1, -0.05) is 45.0 Å². The van der Waals surface area contributed by atoms with E-state index in [2.05, 4.69) is 32.9 Å². The maximum absolute atomic E-state index is 12.7. The lowest BCUT2D eigenvalue weighted by molar-refractivity contribution is -0.123. The molecule has 0 unspecified atom stereocenters. The van der Waals surface area contributed by atoms with Gasteiger partial charge in [0.15, 0.2) is 0 Å². The molecule has 29 heavy (non-hydrogen) atoms. The Morgan fingerprint density at radius 2 is 1.59 bits per heavy atom. The standard InChI is InChI=1S/C24H30N2O3/c1-24(2,3)20-8-10-21(11-9-20)29-16-17-4-6-19(7-5-17)23(28)26-14-12-18(13-15-26)22(25)27/h4-11,18H,12-16H2,1-3H3,(H2,25,27). The lowest BCUT2D eigenvalue weighted by atomic mass is 9.87. The number of primary amides is 1. The molecule has 2 N–H and O–H groups in total. The van der Waals surface area contributed by atoms with Crippen molar-refractivity contribution in [3.05, 3.63) is 65.2 Å². The zero-order chi connectivity index (χ0) is 21.0. The molecule has 0 aromatic heterocycles. The van der Waals surface area contributed by atoms with Crippen LogP contribution >= 0.6 is 0 Å². The van der Waals surface area contributed by atoms with Gasteiger partial charge in [-0.25, -0.2) is 0 Å². The summed E-state index contributed by atoms with van der Waals surface area (Å²) < 4.78 is 5.87. The van der Waals surface area contributed by atoms with Crippen LogP contribution in [0.2, 0.25) is 0 Å². The number of piperidine rings is 1. The predicted molar refractivity (Wildman–Crippen MR) is 114 cm³/mol. The first-order valence-electron chi connectivity index (χ1n) is 10.1. The first kappa shape index (κ1) is 20.9. The second-order valence-corrected chi connectivity index (χ2v) is 8.73. The van der Waals surface area contributed by atoms with Gasteiger partial charge in [-0.15, -0.1) is 0 Å². The van der Waals surface area contributed by atoms with E-state index >= 15 is 0 Å². The Morgan fingerprint density at radius 3 is 2.10 bits per heavy atom. The molecule has 0 radical (unpaired) electrons. The predicted octanol–water partition coefficient (Wildman–Crippen LogP) is 3.90. The molecule has 1 heterocycles. The lowest BCUT2D eigenvalue weighted by Gasteiger charge is -2.30. The number of carbonyl (C=O) groups excluding carboxylic acids is 2. The molecule has 1 aliphatic rings. The largest absolute Gasteiger partial charge is 0.489 e. The van der Waals surface area contributed by atoms with E-state index in [-0.39, 0.29) is 23.1 Å². The molecule has 2 amide bonds. The fraction of sp³-hybridized carbons (Fsp3) is 0.417. The fourth-order valence-electron chi connectivity index (χ4n) is 3.51. The van der Waals surface area contributed by atoms with Crippen LogP contribution in [0.5, 0.6) is 5.75 Å². The second-order valence-electron chi connectivity index (χ2n) is 8.73. The molecular weight excluding hydrogens is 364 g/mol. The third kappa shape index (κ3) is 5.37. The van der Waals surface area contributed by atoms with Crippen molar-refractivity contribution in [2.24, 2.45) is 11.7 Å². The van der Waals surface area contributed by atoms with Gasteiger partial charge in [-0.05, 0) is 53.6 Å². The summed E-state index contributed by atoms with van der Waals surface area (Å²) in [6.07, 6.45) is 1.28. The molecule has 1 fully saturated rings. The summed E-state index contributed by atoms with van der Waals surface area (Å²) in [6, 6.07) is 15.7. The summed E-state index contributed by atoms with van der Waals surface area (Å²) in [6.45, 7) is 8.15. The Bertz CT molecular complexity index is 843. The molecule has 154 valence electrons. The van der Waals surface area contributed by atoms with Gasteiger partial charge in [-0.3, -0.25) is 9.59 Å². The maximum atomic E-state index is 12.7. The first-order chi connectivity index (χ1) is 13.7. The Balaban J connectivity index is 1.53. The third-order valence-electron chi connectivity index (χ3n) is 5.51. The highest BCUT2D eigenvalue weighted by atomic mass is 16.5. The van der Waals surface area contributed by atoms with Gasteiger partial charge in [0.1, 0.15) is 12.4 Å². The molecule has 3 rings (SSSR count). The van der Waals surface area contributed by atoms with Crippen molar-refractivity contribution < 1.29 is 14.3 Å². The summed E-state index contributed by atoms with van der Waals surface area (Å²) in [5.74, 6) is 0.444. The molecule has 0 spiro atoms. The van der Waals surface area contributed by atoms with E-state index in [1.54, 1.807) is 4.90 Å². The molecule has 1 saturated heterocycles. The van der Waals surface area contributed by atoms with Crippen LogP contribution in [0.1, 0.15) is 55.1 Å². The summed E-state index contributed by atoms with van der Waals surface area (Å²) >= 11 is 0. The minimum atomic E-state index is -0.269. The molecule has 2 aromatic carbocycles. The van der Waals surface area contributed by atoms with Gasteiger partial charge in [0.2, 0.25) is 5.91 Å². The van der Waals surface area contributed by atoms with Crippen LogP contribution in [0.15, 0.2) is 48.5 Å². The number of benzene rings is 2. The normalized spacial score (nSPS) is 15.2. The van der Waals surface area contributed by atoms with Gasteiger partial charge < -0.3 is 15.4 Å². The van der Waals surface area contributed by atoms with E-state index < -0.39 is 0 Å². The molecule has 0 saturated carbocycles. The molecule has 0 bridgehead atoms. The van der Waals surface area contributed by atoms with Crippen LogP contribution < -0.4 is 10.5 Å². The number of nitrogens with zero attached hydrogens (tertiary/aromatic N) is 1. The van der Waals surface area contributed by atoms with Crippen molar-refractivity contribution in [2.45, 2.75) is 45.6 Å². The average Bonchev–Trinajstić information content (AvgIpc) is 2.72. The SMILES string of the molecule is CC(C)(C)c1ccc(OCc2ccc(C(=O)N3CCC(C(N)=O)CC3)cc2)cc1. The van der Waals surface area contributed by atoms with Gasteiger partial charge in [0.05, 0.1) is 0 Å².